The minimum Gasteiger partial charge on any atom is -0.508 e. The first-order chi connectivity index (χ1) is 18.8. The molecule has 0 aliphatic rings. The van der Waals surface area contributed by atoms with E-state index in [-0.39, 0.29) is 18.0 Å². The molecule has 1 aromatic carbocycles. The van der Waals surface area contributed by atoms with E-state index in [1.165, 1.54) is 83.5 Å². The van der Waals surface area contributed by atoms with E-state index in [4.69, 9.17) is 0 Å². The molecule has 2 aromatic rings. The smallest absolute Gasteiger partial charge is 0.303 e. The summed E-state index contributed by atoms with van der Waals surface area (Å²) < 4.78 is 2.09. The highest BCUT2D eigenvalue weighted by molar-refractivity contribution is 5.99. The van der Waals surface area contributed by atoms with Crippen LogP contribution in [0.5, 0.6) is 5.75 Å². The summed E-state index contributed by atoms with van der Waals surface area (Å²) in [6.07, 6.45) is 20.5. The molecule has 5 heteroatoms. The Bertz CT molecular complexity index is 990. The lowest BCUT2D eigenvalue weighted by Crippen LogP contribution is -2.09. The lowest BCUT2D eigenvalue weighted by Gasteiger charge is -2.12. The van der Waals surface area contributed by atoms with Crippen LogP contribution < -0.4 is 0 Å². The van der Waals surface area contributed by atoms with Crippen molar-refractivity contribution in [2.24, 2.45) is 0 Å². The number of unbranched alkanes of at least 4 members (excludes halogenated alkanes) is 14. The second-order valence-corrected chi connectivity index (χ2v) is 11.3. The number of ketones is 1. The van der Waals surface area contributed by atoms with E-state index >= 15 is 0 Å². The molecule has 1 heterocycles. The first-order valence-electron chi connectivity index (χ1n) is 15.6. The Balaban J connectivity index is 1.75. The lowest BCUT2D eigenvalue weighted by atomic mass is 9.99. The maximum absolute atomic E-state index is 13.3. The second-order valence-electron chi connectivity index (χ2n) is 11.3. The highest BCUT2D eigenvalue weighted by Gasteiger charge is 2.22. The third-order valence-electron chi connectivity index (χ3n) is 8.04. The Labute approximate surface area is 237 Å². The van der Waals surface area contributed by atoms with E-state index in [2.05, 4.69) is 11.5 Å². The van der Waals surface area contributed by atoms with Crippen molar-refractivity contribution in [2.45, 2.75) is 143 Å². The van der Waals surface area contributed by atoms with Crippen LogP contribution in [0.3, 0.4) is 0 Å². The van der Waals surface area contributed by atoms with Crippen molar-refractivity contribution >= 4 is 11.8 Å². The van der Waals surface area contributed by atoms with Gasteiger partial charge in [-0.2, -0.15) is 0 Å². The Hall–Kier alpha value is -2.56. The summed E-state index contributed by atoms with van der Waals surface area (Å²) in [7, 11) is 0. The third kappa shape index (κ3) is 12.0. The highest BCUT2D eigenvalue weighted by Crippen LogP contribution is 2.27. The number of aromatic hydroxyl groups is 1. The van der Waals surface area contributed by atoms with E-state index in [9.17, 15) is 19.8 Å². The van der Waals surface area contributed by atoms with Crippen LogP contribution in [0.25, 0.3) is 0 Å². The van der Waals surface area contributed by atoms with E-state index in [1.54, 1.807) is 12.1 Å². The van der Waals surface area contributed by atoms with Crippen molar-refractivity contribution in [1.82, 2.24) is 4.57 Å². The predicted molar refractivity (Wildman–Crippen MR) is 161 cm³/mol. The average molecular weight is 540 g/mol. The van der Waals surface area contributed by atoms with Crippen molar-refractivity contribution < 1.29 is 19.8 Å². The number of aliphatic carboxylic acids is 1. The zero-order valence-electron chi connectivity index (χ0n) is 24.9. The molecular weight excluding hydrogens is 486 g/mol. The number of rotatable bonds is 22. The SMILES string of the molecule is CCCCCCCCCCCCCCCCCC(=O)c1c(C)c(CCC(=O)O)n(Cc2ccc(O)cc2)c1C. The lowest BCUT2D eigenvalue weighted by molar-refractivity contribution is -0.137. The predicted octanol–water partition coefficient (Wildman–Crippen LogP) is 9.32. The van der Waals surface area contributed by atoms with Gasteiger partial charge >= 0.3 is 5.97 Å². The zero-order valence-corrected chi connectivity index (χ0v) is 24.9. The van der Waals surface area contributed by atoms with Crippen molar-refractivity contribution in [1.29, 1.82) is 0 Å². The van der Waals surface area contributed by atoms with Crippen LogP contribution in [0.4, 0.5) is 0 Å². The molecule has 0 aliphatic carbocycles. The Morgan fingerprint density at radius 3 is 1.69 bits per heavy atom. The number of benzene rings is 1. The number of carbonyl (C=O) groups is 2. The van der Waals surface area contributed by atoms with Gasteiger partial charge in [-0.25, -0.2) is 0 Å². The molecular formula is C34H53NO4. The maximum Gasteiger partial charge on any atom is 0.303 e. The number of carbonyl (C=O) groups excluding carboxylic acids is 1. The van der Waals surface area contributed by atoms with Gasteiger partial charge in [0.2, 0.25) is 0 Å². The Morgan fingerprint density at radius 1 is 0.718 bits per heavy atom. The van der Waals surface area contributed by atoms with Crippen LogP contribution in [-0.4, -0.2) is 26.5 Å². The van der Waals surface area contributed by atoms with Crippen LogP contribution in [0.2, 0.25) is 0 Å². The van der Waals surface area contributed by atoms with E-state index in [1.807, 2.05) is 26.0 Å². The minimum atomic E-state index is -0.838. The molecule has 0 amide bonds. The average Bonchev–Trinajstić information content (AvgIpc) is 3.14. The molecule has 0 saturated heterocycles. The first kappa shape index (κ1) is 32.7. The third-order valence-corrected chi connectivity index (χ3v) is 8.04. The summed E-state index contributed by atoms with van der Waals surface area (Å²) in [5, 5.41) is 18.9. The molecule has 2 rings (SSSR count). The van der Waals surface area contributed by atoms with Crippen molar-refractivity contribution in [2.75, 3.05) is 0 Å². The molecule has 0 atom stereocenters. The van der Waals surface area contributed by atoms with Gasteiger partial charge in [0.1, 0.15) is 5.75 Å². The number of nitrogens with zero attached hydrogens (tertiary/aromatic N) is 1. The quantitative estimate of drug-likeness (QED) is 0.115. The summed E-state index contributed by atoms with van der Waals surface area (Å²) in [5.41, 5.74) is 4.51. The molecule has 0 unspecified atom stereocenters. The van der Waals surface area contributed by atoms with Crippen molar-refractivity contribution in [3.63, 3.8) is 0 Å². The molecule has 218 valence electrons. The molecule has 2 N–H and O–H groups in total. The fourth-order valence-electron chi connectivity index (χ4n) is 5.69. The number of carboxylic acids is 1. The molecule has 39 heavy (non-hydrogen) atoms. The number of Topliss-reactive ketones (excluding diaryl/α,β-unsaturated/α-hetero) is 1. The molecule has 1 aromatic heterocycles. The minimum absolute atomic E-state index is 0.0343. The van der Waals surface area contributed by atoms with Gasteiger partial charge in [0.05, 0.1) is 6.42 Å². The largest absolute Gasteiger partial charge is 0.508 e. The first-order valence-corrected chi connectivity index (χ1v) is 15.6. The molecule has 0 spiro atoms. The number of hydrogen-bond acceptors (Lipinski definition) is 3. The summed E-state index contributed by atoms with van der Waals surface area (Å²) in [4.78, 5) is 24.5. The molecule has 5 nitrogen and oxygen atoms in total. The number of carboxylic acid groups (broad SMARTS) is 1. The molecule has 0 aliphatic heterocycles. The summed E-state index contributed by atoms with van der Waals surface area (Å²) in [6, 6.07) is 7.03. The van der Waals surface area contributed by atoms with Gasteiger partial charge in [-0.1, -0.05) is 109 Å². The highest BCUT2D eigenvalue weighted by atomic mass is 16.4. The number of phenols is 1. The second kappa shape index (κ2) is 18.7. The van der Waals surface area contributed by atoms with Gasteiger partial charge in [-0.3, -0.25) is 9.59 Å². The summed E-state index contributed by atoms with van der Waals surface area (Å²) in [6.45, 7) is 6.74. The van der Waals surface area contributed by atoms with E-state index in [0.29, 0.717) is 19.4 Å². The standard InChI is InChI=1S/C34H53NO4/c1-4-5-6-7-8-9-10-11-12-13-14-15-16-17-18-19-32(37)34-27(2)31(24-25-33(38)39)35(28(34)3)26-29-20-22-30(36)23-21-29/h20-23,36H,4-19,24-26H2,1-3H3,(H,38,39). The topological polar surface area (TPSA) is 79.5 Å². The van der Waals surface area contributed by atoms with Crippen LogP contribution in [0.15, 0.2) is 24.3 Å². The number of phenolic OH excluding ortho intramolecular Hbond substituents is 1. The molecule has 0 bridgehead atoms. The van der Waals surface area contributed by atoms with Gasteiger partial charge < -0.3 is 14.8 Å². The Kier molecular flexibility index (Phi) is 15.6. The number of aromatic nitrogens is 1. The van der Waals surface area contributed by atoms with Crippen LogP contribution in [0, 0.1) is 13.8 Å². The van der Waals surface area contributed by atoms with Crippen LogP contribution in [-0.2, 0) is 17.8 Å². The fourth-order valence-corrected chi connectivity index (χ4v) is 5.69. The zero-order chi connectivity index (χ0) is 28.5. The Morgan fingerprint density at radius 2 is 1.21 bits per heavy atom. The van der Waals surface area contributed by atoms with E-state index < -0.39 is 5.97 Å². The molecule has 0 radical (unpaired) electrons. The molecule has 0 saturated carbocycles. The fraction of sp³-hybridized carbons (Fsp3) is 0.647. The van der Waals surface area contributed by atoms with E-state index in [0.717, 1.165) is 40.9 Å². The van der Waals surface area contributed by atoms with Crippen LogP contribution >= 0.6 is 0 Å². The summed E-state index contributed by atoms with van der Waals surface area (Å²) in [5.74, 6) is -0.458. The molecule has 0 fully saturated rings. The van der Waals surface area contributed by atoms with Gasteiger partial charge in [-0.05, 0) is 49.9 Å². The number of hydrogen-bond donors (Lipinski definition) is 2. The van der Waals surface area contributed by atoms with Crippen LogP contribution in [0.1, 0.15) is 149 Å². The summed E-state index contributed by atoms with van der Waals surface area (Å²) >= 11 is 0. The monoisotopic (exact) mass is 539 g/mol. The maximum atomic E-state index is 13.3. The van der Waals surface area contributed by atoms with Gasteiger partial charge in [0, 0.05) is 29.9 Å². The van der Waals surface area contributed by atoms with Crippen molar-refractivity contribution in [3.05, 3.63) is 52.3 Å². The van der Waals surface area contributed by atoms with Gasteiger partial charge in [-0.15, -0.1) is 0 Å². The van der Waals surface area contributed by atoms with Crippen molar-refractivity contribution in [3.8, 4) is 5.75 Å². The van der Waals surface area contributed by atoms with Gasteiger partial charge in [0.25, 0.3) is 0 Å². The van der Waals surface area contributed by atoms with Gasteiger partial charge in [0.15, 0.2) is 5.78 Å². The normalized spacial score (nSPS) is 11.3.